The van der Waals surface area contributed by atoms with E-state index in [4.69, 9.17) is 34.8 Å². The Bertz CT molecular complexity index is 1110. The van der Waals surface area contributed by atoms with E-state index in [0.717, 1.165) is 16.1 Å². The molecule has 32 heavy (non-hydrogen) atoms. The van der Waals surface area contributed by atoms with Crippen molar-refractivity contribution in [3.8, 4) is 0 Å². The first-order chi connectivity index (χ1) is 14.9. The zero-order chi connectivity index (χ0) is 24.2. The van der Waals surface area contributed by atoms with E-state index in [0.29, 0.717) is 20.6 Å². The van der Waals surface area contributed by atoms with Crippen molar-refractivity contribution in [2.75, 3.05) is 24.2 Å². The second-order valence-electron chi connectivity index (χ2n) is 7.22. The van der Waals surface area contributed by atoms with E-state index in [2.05, 4.69) is 5.32 Å². The summed E-state index contributed by atoms with van der Waals surface area (Å²) in [6, 6.07) is 8.68. The molecular weight excluding hydrogens is 497 g/mol. The monoisotopic (exact) mass is 519 g/mol. The van der Waals surface area contributed by atoms with Gasteiger partial charge in [-0.25, -0.2) is 8.42 Å². The normalized spacial score (nSPS) is 12.2. The van der Waals surface area contributed by atoms with E-state index in [1.165, 1.54) is 24.9 Å². The summed E-state index contributed by atoms with van der Waals surface area (Å²) in [6.45, 7) is 2.69. The number of hydrogen-bond donors (Lipinski definition) is 1. The van der Waals surface area contributed by atoms with Gasteiger partial charge in [0.15, 0.2) is 0 Å². The molecule has 0 bridgehead atoms. The third-order valence-corrected chi connectivity index (χ3v) is 7.18. The molecule has 0 aliphatic heterocycles. The van der Waals surface area contributed by atoms with Crippen molar-refractivity contribution in [2.45, 2.75) is 26.4 Å². The number of benzene rings is 2. The second kappa shape index (κ2) is 10.7. The molecule has 0 spiro atoms. The van der Waals surface area contributed by atoms with E-state index in [1.54, 1.807) is 37.3 Å². The largest absolute Gasteiger partial charge is 0.357 e. The summed E-state index contributed by atoms with van der Waals surface area (Å²) in [4.78, 5) is 26.9. The fourth-order valence-electron chi connectivity index (χ4n) is 3.00. The van der Waals surface area contributed by atoms with E-state index < -0.39 is 34.4 Å². The minimum atomic E-state index is -3.84. The first-order valence-electron chi connectivity index (χ1n) is 9.54. The van der Waals surface area contributed by atoms with Crippen LogP contribution in [0.25, 0.3) is 0 Å². The molecule has 174 valence electrons. The van der Waals surface area contributed by atoms with Gasteiger partial charge in [0.1, 0.15) is 12.6 Å². The molecule has 1 atom stereocenters. The topological polar surface area (TPSA) is 86.8 Å². The Hall–Kier alpha value is -2.00. The highest BCUT2D eigenvalue weighted by atomic mass is 35.5. The lowest BCUT2D eigenvalue weighted by Gasteiger charge is -2.31. The number of sulfonamides is 1. The minimum absolute atomic E-state index is 0.0851. The minimum Gasteiger partial charge on any atom is -0.357 e. The summed E-state index contributed by atoms with van der Waals surface area (Å²) in [6.07, 6.45) is 0.992. The molecule has 0 saturated heterocycles. The van der Waals surface area contributed by atoms with Crippen LogP contribution in [0, 0.1) is 6.92 Å². The Morgan fingerprint density at radius 2 is 1.66 bits per heavy atom. The number of likely N-dealkylation sites (N-methyl/N-ethyl adjacent to an activating group) is 1. The van der Waals surface area contributed by atoms with Crippen molar-refractivity contribution >= 4 is 62.3 Å². The van der Waals surface area contributed by atoms with Crippen LogP contribution in [0.4, 0.5) is 5.69 Å². The Morgan fingerprint density at radius 1 is 1.06 bits per heavy atom. The molecule has 0 aliphatic rings. The van der Waals surface area contributed by atoms with E-state index in [9.17, 15) is 18.0 Å². The Kier molecular flexibility index (Phi) is 8.82. The van der Waals surface area contributed by atoms with Gasteiger partial charge >= 0.3 is 0 Å². The molecule has 1 N–H and O–H groups in total. The van der Waals surface area contributed by atoms with Gasteiger partial charge in [-0.3, -0.25) is 13.9 Å². The summed E-state index contributed by atoms with van der Waals surface area (Å²) in [5, 5.41) is 3.51. The highest BCUT2D eigenvalue weighted by molar-refractivity contribution is 7.92. The van der Waals surface area contributed by atoms with E-state index >= 15 is 0 Å². The molecule has 0 aliphatic carbocycles. The van der Waals surface area contributed by atoms with E-state index in [1.807, 2.05) is 0 Å². The number of carbonyl (C=O) groups is 2. The third kappa shape index (κ3) is 6.28. The number of amides is 2. The van der Waals surface area contributed by atoms with Gasteiger partial charge in [0, 0.05) is 34.2 Å². The maximum absolute atomic E-state index is 13.3. The highest BCUT2D eigenvalue weighted by Gasteiger charge is 2.30. The average molecular weight is 521 g/mol. The molecule has 0 fully saturated rings. The van der Waals surface area contributed by atoms with Crippen LogP contribution < -0.4 is 9.62 Å². The molecule has 0 heterocycles. The maximum Gasteiger partial charge on any atom is 0.244 e. The SMILES string of the molecule is CNC(=O)[C@H](C)N(Cc1c(Cl)cccc1Cl)C(=O)CN(c1ccc(C)c(Cl)c1)S(C)(=O)=O. The van der Waals surface area contributed by atoms with Crippen LogP contribution in [0.5, 0.6) is 0 Å². The number of carbonyl (C=O) groups excluding carboxylic acids is 2. The van der Waals surface area contributed by atoms with Crippen molar-refractivity contribution in [1.82, 2.24) is 10.2 Å². The summed E-state index contributed by atoms with van der Waals surface area (Å²) in [5.74, 6) is -1.04. The Balaban J connectivity index is 2.46. The van der Waals surface area contributed by atoms with Crippen molar-refractivity contribution < 1.29 is 18.0 Å². The zero-order valence-corrected chi connectivity index (χ0v) is 21.1. The van der Waals surface area contributed by atoms with Gasteiger partial charge in [-0.15, -0.1) is 0 Å². The predicted octanol–water partition coefficient (Wildman–Crippen LogP) is 3.88. The molecule has 0 saturated carbocycles. The lowest BCUT2D eigenvalue weighted by molar-refractivity contribution is -0.139. The highest BCUT2D eigenvalue weighted by Crippen LogP contribution is 2.28. The molecule has 0 radical (unpaired) electrons. The molecule has 7 nitrogen and oxygen atoms in total. The summed E-state index contributed by atoms with van der Waals surface area (Å²) in [5.41, 5.74) is 1.45. The fourth-order valence-corrected chi connectivity index (χ4v) is 4.53. The van der Waals surface area contributed by atoms with Gasteiger partial charge in [-0.05, 0) is 43.7 Å². The van der Waals surface area contributed by atoms with Crippen molar-refractivity contribution in [3.05, 3.63) is 62.6 Å². The fraction of sp³-hybridized carbons (Fsp3) is 0.333. The first-order valence-corrected chi connectivity index (χ1v) is 12.5. The zero-order valence-electron chi connectivity index (χ0n) is 18.0. The van der Waals surface area contributed by atoms with Crippen molar-refractivity contribution in [2.24, 2.45) is 0 Å². The number of anilines is 1. The van der Waals surface area contributed by atoms with Crippen molar-refractivity contribution in [1.29, 1.82) is 0 Å². The molecule has 11 heteroatoms. The van der Waals surface area contributed by atoms with Gasteiger partial charge in [0.2, 0.25) is 21.8 Å². The van der Waals surface area contributed by atoms with Gasteiger partial charge < -0.3 is 10.2 Å². The van der Waals surface area contributed by atoms with Gasteiger partial charge in [0.05, 0.1) is 11.9 Å². The summed E-state index contributed by atoms with van der Waals surface area (Å²) in [7, 11) is -2.40. The molecule has 2 rings (SSSR count). The van der Waals surface area contributed by atoms with Crippen molar-refractivity contribution in [3.63, 3.8) is 0 Å². The van der Waals surface area contributed by atoms with Crippen LogP contribution in [0.15, 0.2) is 36.4 Å². The lowest BCUT2D eigenvalue weighted by atomic mass is 10.1. The third-order valence-electron chi connectivity index (χ3n) is 4.93. The Labute approximate surface area is 203 Å². The summed E-state index contributed by atoms with van der Waals surface area (Å²) >= 11 is 18.7. The first kappa shape index (κ1) is 26.3. The van der Waals surface area contributed by atoms with Crippen LogP contribution in [-0.2, 0) is 26.2 Å². The van der Waals surface area contributed by atoms with Crippen LogP contribution in [0.3, 0.4) is 0 Å². The number of rotatable bonds is 8. The maximum atomic E-state index is 13.3. The van der Waals surface area contributed by atoms with Crippen LogP contribution in [-0.4, -0.2) is 51.0 Å². The molecule has 0 aromatic heterocycles. The Morgan fingerprint density at radius 3 is 2.16 bits per heavy atom. The number of nitrogens with zero attached hydrogens (tertiary/aromatic N) is 2. The number of halogens is 3. The van der Waals surface area contributed by atoms with Gasteiger partial charge in [0.25, 0.3) is 0 Å². The quantitative estimate of drug-likeness (QED) is 0.572. The lowest BCUT2D eigenvalue weighted by Crippen LogP contribution is -2.50. The predicted molar refractivity (Wildman–Crippen MR) is 129 cm³/mol. The number of aryl methyl sites for hydroxylation is 1. The molecular formula is C21H24Cl3N3O4S. The summed E-state index contributed by atoms with van der Waals surface area (Å²) < 4.78 is 25.9. The molecule has 2 amide bonds. The molecule has 0 unspecified atom stereocenters. The number of hydrogen-bond acceptors (Lipinski definition) is 4. The van der Waals surface area contributed by atoms with Gasteiger partial charge in [-0.1, -0.05) is 46.9 Å². The molecule has 2 aromatic rings. The van der Waals surface area contributed by atoms with Crippen LogP contribution >= 0.6 is 34.8 Å². The average Bonchev–Trinajstić information content (AvgIpc) is 2.72. The second-order valence-corrected chi connectivity index (χ2v) is 10.3. The standard InChI is InChI=1S/C21H24Cl3N3O4S/c1-13-8-9-15(10-19(13)24)27(32(4,30)31)12-20(28)26(14(2)21(29)25-3)11-16-17(22)6-5-7-18(16)23/h5-10,14H,11-12H2,1-4H3,(H,25,29)/t14-/m0/s1. The smallest absolute Gasteiger partial charge is 0.244 e. The van der Waals surface area contributed by atoms with Gasteiger partial charge in [-0.2, -0.15) is 0 Å². The van der Waals surface area contributed by atoms with Crippen LogP contribution in [0.1, 0.15) is 18.1 Å². The molecule has 2 aromatic carbocycles. The number of nitrogens with one attached hydrogen (secondary N) is 1. The van der Waals surface area contributed by atoms with Crippen LogP contribution in [0.2, 0.25) is 15.1 Å². The van der Waals surface area contributed by atoms with E-state index in [-0.39, 0.29) is 12.2 Å².